The van der Waals surface area contributed by atoms with E-state index in [1.54, 1.807) is 0 Å². The van der Waals surface area contributed by atoms with E-state index in [9.17, 15) is 0 Å². The van der Waals surface area contributed by atoms with E-state index < -0.39 is 0 Å². The van der Waals surface area contributed by atoms with Gasteiger partial charge in [-0.3, -0.25) is 0 Å². The van der Waals surface area contributed by atoms with Crippen LogP contribution in [-0.4, -0.2) is 13.7 Å². The molecule has 0 spiro atoms. The smallest absolute Gasteiger partial charge is 0.127 e. The third-order valence-corrected chi connectivity index (χ3v) is 5.58. The third kappa shape index (κ3) is 3.16. The average Bonchev–Trinajstić information content (AvgIpc) is 2.91. The van der Waals surface area contributed by atoms with Gasteiger partial charge >= 0.3 is 0 Å². The van der Waals surface area contributed by atoms with Crippen molar-refractivity contribution in [1.82, 2.24) is 5.32 Å². The van der Waals surface area contributed by atoms with E-state index in [0.717, 1.165) is 27.7 Å². The molecule has 0 bridgehead atoms. The molecule has 0 aliphatic carbocycles. The topological polar surface area (TPSA) is 21.3 Å². The van der Waals surface area contributed by atoms with Crippen LogP contribution in [0.2, 0.25) is 0 Å². The van der Waals surface area contributed by atoms with Crippen LogP contribution < -0.4 is 10.1 Å². The van der Waals surface area contributed by atoms with Crippen molar-refractivity contribution in [3.8, 4) is 5.75 Å². The predicted octanol–water partition coefficient (Wildman–Crippen LogP) is 5.06. The van der Waals surface area contributed by atoms with Crippen LogP contribution in [0, 0.1) is 3.57 Å². The SMILES string of the molecule is CNC(c1cc(Br)ccc1I)c1cc(Br)cc2c1OCC2. The van der Waals surface area contributed by atoms with Crippen molar-refractivity contribution >= 4 is 54.5 Å². The van der Waals surface area contributed by atoms with Crippen molar-refractivity contribution in [2.24, 2.45) is 0 Å². The Morgan fingerprint density at radius 2 is 1.90 bits per heavy atom. The summed E-state index contributed by atoms with van der Waals surface area (Å²) in [5, 5.41) is 3.43. The fourth-order valence-electron chi connectivity index (χ4n) is 2.73. The van der Waals surface area contributed by atoms with E-state index >= 15 is 0 Å². The van der Waals surface area contributed by atoms with Gasteiger partial charge in [0.2, 0.25) is 0 Å². The molecule has 1 heterocycles. The van der Waals surface area contributed by atoms with Gasteiger partial charge < -0.3 is 10.1 Å². The summed E-state index contributed by atoms with van der Waals surface area (Å²) in [6, 6.07) is 10.8. The highest BCUT2D eigenvalue weighted by molar-refractivity contribution is 14.1. The van der Waals surface area contributed by atoms with Gasteiger partial charge in [-0.05, 0) is 71.1 Å². The Labute approximate surface area is 155 Å². The first-order chi connectivity index (χ1) is 10.1. The second kappa shape index (κ2) is 6.56. The maximum Gasteiger partial charge on any atom is 0.127 e. The van der Waals surface area contributed by atoms with Crippen LogP contribution in [0.1, 0.15) is 22.7 Å². The molecule has 2 nitrogen and oxygen atoms in total. The molecule has 0 aromatic heterocycles. The maximum atomic E-state index is 5.88. The number of rotatable bonds is 3. The average molecular weight is 523 g/mol. The van der Waals surface area contributed by atoms with E-state index in [-0.39, 0.29) is 6.04 Å². The van der Waals surface area contributed by atoms with Crippen molar-refractivity contribution in [3.05, 3.63) is 59.5 Å². The molecule has 2 aromatic rings. The first-order valence-corrected chi connectivity index (χ1v) is 9.34. The summed E-state index contributed by atoms with van der Waals surface area (Å²) >= 11 is 9.58. The monoisotopic (exact) mass is 521 g/mol. The molecule has 0 saturated carbocycles. The Morgan fingerprint density at radius 1 is 1.14 bits per heavy atom. The molecular formula is C16H14Br2INO. The molecule has 0 radical (unpaired) electrons. The van der Waals surface area contributed by atoms with Gasteiger partial charge in [0.15, 0.2) is 0 Å². The Morgan fingerprint density at radius 3 is 2.67 bits per heavy atom. The molecule has 0 fully saturated rings. The first kappa shape index (κ1) is 15.8. The van der Waals surface area contributed by atoms with Gasteiger partial charge in [-0.15, -0.1) is 0 Å². The number of halogens is 3. The molecular weight excluding hydrogens is 509 g/mol. The minimum atomic E-state index is 0.110. The zero-order valence-corrected chi connectivity index (χ0v) is 16.7. The highest BCUT2D eigenvalue weighted by Crippen LogP contribution is 2.40. The normalized spacial score (nSPS) is 14.7. The highest BCUT2D eigenvalue weighted by Gasteiger charge is 2.24. The van der Waals surface area contributed by atoms with Gasteiger partial charge in [-0.25, -0.2) is 0 Å². The van der Waals surface area contributed by atoms with Crippen LogP contribution in [0.3, 0.4) is 0 Å². The molecule has 21 heavy (non-hydrogen) atoms. The van der Waals surface area contributed by atoms with Gasteiger partial charge in [-0.2, -0.15) is 0 Å². The molecule has 3 rings (SSSR count). The lowest BCUT2D eigenvalue weighted by Crippen LogP contribution is -2.19. The van der Waals surface area contributed by atoms with E-state index in [1.165, 1.54) is 20.3 Å². The van der Waals surface area contributed by atoms with Gasteiger partial charge in [0, 0.05) is 24.5 Å². The first-order valence-electron chi connectivity index (χ1n) is 6.67. The Kier molecular flexibility index (Phi) is 4.93. The molecule has 0 saturated heterocycles. The zero-order valence-electron chi connectivity index (χ0n) is 11.4. The molecule has 5 heteroatoms. The molecule has 1 atom stereocenters. The van der Waals surface area contributed by atoms with Crippen LogP contribution in [0.4, 0.5) is 0 Å². The summed E-state index contributed by atoms with van der Waals surface area (Å²) in [6.45, 7) is 0.769. The van der Waals surface area contributed by atoms with Crippen molar-refractivity contribution < 1.29 is 4.74 Å². The summed E-state index contributed by atoms with van der Waals surface area (Å²) < 4.78 is 9.31. The molecule has 110 valence electrons. The molecule has 0 amide bonds. The number of hydrogen-bond acceptors (Lipinski definition) is 2. The van der Waals surface area contributed by atoms with Gasteiger partial charge in [0.25, 0.3) is 0 Å². The van der Waals surface area contributed by atoms with E-state index in [1.807, 2.05) is 7.05 Å². The molecule has 1 N–H and O–H groups in total. The highest BCUT2D eigenvalue weighted by atomic mass is 127. The minimum Gasteiger partial charge on any atom is -0.493 e. The maximum absolute atomic E-state index is 5.88. The third-order valence-electron chi connectivity index (χ3n) is 3.65. The number of nitrogens with one attached hydrogen (secondary N) is 1. The van der Waals surface area contributed by atoms with E-state index in [2.05, 4.69) is 90.1 Å². The van der Waals surface area contributed by atoms with Crippen molar-refractivity contribution in [2.45, 2.75) is 12.5 Å². The summed E-state index contributed by atoms with van der Waals surface area (Å²) in [6.07, 6.45) is 0.980. The number of benzene rings is 2. The van der Waals surface area contributed by atoms with Crippen LogP contribution in [0.25, 0.3) is 0 Å². The summed E-state index contributed by atoms with van der Waals surface area (Å²) in [4.78, 5) is 0. The Balaban J connectivity index is 2.15. The Bertz CT molecular complexity index is 690. The quantitative estimate of drug-likeness (QED) is 0.569. The summed E-state index contributed by atoms with van der Waals surface area (Å²) in [7, 11) is 1.99. The summed E-state index contributed by atoms with van der Waals surface area (Å²) in [5.74, 6) is 1.04. The molecule has 1 aliphatic rings. The lowest BCUT2D eigenvalue weighted by atomic mass is 9.96. The van der Waals surface area contributed by atoms with Gasteiger partial charge in [0.1, 0.15) is 5.75 Å². The van der Waals surface area contributed by atoms with Crippen LogP contribution in [0.5, 0.6) is 5.75 Å². The van der Waals surface area contributed by atoms with Gasteiger partial charge in [-0.1, -0.05) is 31.9 Å². The predicted molar refractivity (Wildman–Crippen MR) is 101 cm³/mol. The van der Waals surface area contributed by atoms with Gasteiger partial charge in [0.05, 0.1) is 12.6 Å². The fourth-order valence-corrected chi connectivity index (χ4v) is 4.28. The number of ether oxygens (including phenoxy) is 1. The molecule has 1 aliphatic heterocycles. The Hall–Kier alpha value is -0.110. The standard InChI is InChI=1S/C16H14Br2INO/c1-20-15(12-7-10(17)2-3-14(12)19)13-8-11(18)6-9-4-5-21-16(9)13/h2-3,6-8,15,20H,4-5H2,1H3. The fraction of sp³-hybridized carbons (Fsp3) is 0.250. The number of fused-ring (bicyclic) bond motifs is 1. The largest absolute Gasteiger partial charge is 0.493 e. The van der Waals surface area contributed by atoms with Crippen LogP contribution in [-0.2, 0) is 6.42 Å². The van der Waals surface area contributed by atoms with Crippen LogP contribution in [0.15, 0.2) is 39.3 Å². The summed E-state index contributed by atoms with van der Waals surface area (Å²) in [5.41, 5.74) is 3.73. The lowest BCUT2D eigenvalue weighted by molar-refractivity contribution is 0.351. The van der Waals surface area contributed by atoms with E-state index in [0.29, 0.717) is 0 Å². The molecule has 2 aromatic carbocycles. The van der Waals surface area contributed by atoms with Crippen molar-refractivity contribution in [3.63, 3.8) is 0 Å². The van der Waals surface area contributed by atoms with Crippen LogP contribution >= 0.6 is 54.5 Å². The zero-order chi connectivity index (χ0) is 15.0. The number of hydrogen-bond donors (Lipinski definition) is 1. The van der Waals surface area contributed by atoms with Crippen molar-refractivity contribution in [2.75, 3.05) is 13.7 Å². The van der Waals surface area contributed by atoms with E-state index in [4.69, 9.17) is 4.74 Å². The second-order valence-electron chi connectivity index (χ2n) is 4.97. The lowest BCUT2D eigenvalue weighted by Gasteiger charge is -2.21. The molecule has 1 unspecified atom stereocenters. The second-order valence-corrected chi connectivity index (χ2v) is 7.96. The minimum absolute atomic E-state index is 0.110. The van der Waals surface area contributed by atoms with Crippen molar-refractivity contribution in [1.29, 1.82) is 0 Å².